The van der Waals surface area contributed by atoms with E-state index in [9.17, 15) is 4.39 Å². The van der Waals surface area contributed by atoms with Crippen LogP contribution in [-0.2, 0) is 9.47 Å². The highest BCUT2D eigenvalue weighted by molar-refractivity contribution is 5.56. The molecule has 0 radical (unpaired) electrons. The molecule has 1 aromatic carbocycles. The molecule has 0 unspecified atom stereocenters. The highest BCUT2D eigenvalue weighted by atomic mass is 19.1. The largest absolute Gasteiger partial charge is 0.379 e. The summed E-state index contributed by atoms with van der Waals surface area (Å²) in [6.07, 6.45) is 4.37. The molecule has 0 N–H and O–H groups in total. The van der Waals surface area contributed by atoms with Gasteiger partial charge in [0.05, 0.1) is 18.2 Å². The van der Waals surface area contributed by atoms with Crippen LogP contribution in [0.1, 0.15) is 12.5 Å². The van der Waals surface area contributed by atoms with Gasteiger partial charge in [-0.15, -0.1) is 0 Å². The molecule has 5 heteroatoms. The zero-order chi connectivity index (χ0) is 13.9. The molecule has 2 heterocycles. The van der Waals surface area contributed by atoms with E-state index >= 15 is 0 Å². The third-order valence-corrected chi connectivity index (χ3v) is 3.71. The van der Waals surface area contributed by atoms with Gasteiger partial charge in [-0.3, -0.25) is 0 Å². The Bertz CT molecular complexity index is 585. The second kappa shape index (κ2) is 5.73. The second-order valence-electron chi connectivity index (χ2n) is 4.84. The number of aromatic nitrogens is 2. The van der Waals surface area contributed by atoms with E-state index in [1.54, 1.807) is 25.4 Å². The molecule has 4 nitrogen and oxygen atoms in total. The van der Waals surface area contributed by atoms with Crippen LogP contribution in [0.25, 0.3) is 11.4 Å². The summed E-state index contributed by atoms with van der Waals surface area (Å²) in [6.45, 7) is 1.23. The molecular formula is C15H17FN2O2. The van der Waals surface area contributed by atoms with E-state index < -0.39 is 0 Å². The molecule has 0 saturated carbocycles. The van der Waals surface area contributed by atoms with Crippen molar-refractivity contribution in [2.24, 2.45) is 0 Å². The summed E-state index contributed by atoms with van der Waals surface area (Å²) in [7, 11) is 1.67. The maximum atomic E-state index is 14.0. The number of ether oxygens (including phenoxy) is 2. The number of hydrogen-bond donors (Lipinski definition) is 0. The number of methoxy groups -OCH3 is 1. The van der Waals surface area contributed by atoms with Gasteiger partial charge in [-0.2, -0.15) is 0 Å². The van der Waals surface area contributed by atoms with Crippen molar-refractivity contribution in [1.82, 2.24) is 9.55 Å². The summed E-state index contributed by atoms with van der Waals surface area (Å²) in [5.74, 6) is 0.373. The first-order valence-corrected chi connectivity index (χ1v) is 6.69. The number of halogens is 1. The highest BCUT2D eigenvalue weighted by Gasteiger charge is 2.29. The average Bonchev–Trinajstić information content (AvgIpc) is 2.96. The Morgan fingerprint density at radius 1 is 1.40 bits per heavy atom. The normalized spacial score (nSPS) is 22.9. The Morgan fingerprint density at radius 3 is 3.05 bits per heavy atom. The van der Waals surface area contributed by atoms with Gasteiger partial charge in [0.25, 0.3) is 0 Å². The van der Waals surface area contributed by atoms with Gasteiger partial charge in [-0.1, -0.05) is 12.1 Å². The van der Waals surface area contributed by atoms with Crippen molar-refractivity contribution in [1.29, 1.82) is 0 Å². The number of nitrogens with zero attached hydrogens (tertiary/aromatic N) is 2. The molecule has 1 aromatic heterocycles. The fourth-order valence-electron chi connectivity index (χ4n) is 2.68. The molecule has 1 aliphatic rings. The van der Waals surface area contributed by atoms with Gasteiger partial charge < -0.3 is 14.0 Å². The first-order chi connectivity index (χ1) is 9.81. The molecule has 3 rings (SSSR count). The van der Waals surface area contributed by atoms with Gasteiger partial charge in [0.1, 0.15) is 17.7 Å². The minimum atomic E-state index is -0.263. The Balaban J connectivity index is 2.00. The molecule has 106 valence electrons. The van der Waals surface area contributed by atoms with E-state index in [0.29, 0.717) is 24.6 Å². The summed E-state index contributed by atoms with van der Waals surface area (Å²) in [4.78, 5) is 4.32. The van der Waals surface area contributed by atoms with Crippen molar-refractivity contribution in [2.75, 3.05) is 20.3 Å². The van der Waals surface area contributed by atoms with Crippen LogP contribution in [0.3, 0.4) is 0 Å². The lowest BCUT2D eigenvalue weighted by Gasteiger charge is -2.32. The molecule has 20 heavy (non-hydrogen) atoms. The van der Waals surface area contributed by atoms with Crippen LogP contribution in [0.2, 0.25) is 0 Å². The molecule has 1 saturated heterocycles. The standard InChI is InChI=1S/C15H17FN2O2/c1-19-14-10-20-9-6-13(14)18-8-7-17-15(18)11-4-2-3-5-12(11)16/h2-5,7-8,13-14H,6,9-10H2,1H3/t13-,14-/m0/s1. The minimum Gasteiger partial charge on any atom is -0.379 e. The Morgan fingerprint density at radius 2 is 2.25 bits per heavy atom. The SMILES string of the molecule is CO[C@H]1COCC[C@@H]1n1ccnc1-c1ccccc1F. The van der Waals surface area contributed by atoms with E-state index in [4.69, 9.17) is 9.47 Å². The maximum Gasteiger partial charge on any atom is 0.143 e. The van der Waals surface area contributed by atoms with Gasteiger partial charge >= 0.3 is 0 Å². The van der Waals surface area contributed by atoms with E-state index in [1.807, 2.05) is 16.8 Å². The van der Waals surface area contributed by atoms with Gasteiger partial charge in [0, 0.05) is 26.1 Å². The van der Waals surface area contributed by atoms with Crippen LogP contribution < -0.4 is 0 Å². The molecule has 1 aliphatic heterocycles. The lowest BCUT2D eigenvalue weighted by Crippen LogP contribution is -2.35. The van der Waals surface area contributed by atoms with Crippen LogP contribution >= 0.6 is 0 Å². The van der Waals surface area contributed by atoms with Crippen molar-refractivity contribution in [3.63, 3.8) is 0 Å². The zero-order valence-corrected chi connectivity index (χ0v) is 11.3. The first-order valence-electron chi connectivity index (χ1n) is 6.69. The van der Waals surface area contributed by atoms with Crippen molar-refractivity contribution in [2.45, 2.75) is 18.6 Å². The number of rotatable bonds is 3. The summed E-state index contributed by atoms with van der Waals surface area (Å²) in [5, 5.41) is 0. The summed E-state index contributed by atoms with van der Waals surface area (Å²) < 4.78 is 26.9. The minimum absolute atomic E-state index is 0.0385. The lowest BCUT2D eigenvalue weighted by molar-refractivity contribution is -0.0597. The predicted molar refractivity (Wildman–Crippen MR) is 72.9 cm³/mol. The van der Waals surface area contributed by atoms with E-state index in [2.05, 4.69) is 4.98 Å². The second-order valence-corrected chi connectivity index (χ2v) is 4.84. The molecule has 0 aliphatic carbocycles. The van der Waals surface area contributed by atoms with Gasteiger partial charge in [0.2, 0.25) is 0 Å². The van der Waals surface area contributed by atoms with E-state index in [0.717, 1.165) is 6.42 Å². The Hall–Kier alpha value is -1.72. The summed E-state index contributed by atoms with van der Waals surface area (Å²) in [6, 6.07) is 6.81. The molecule has 2 aromatic rings. The van der Waals surface area contributed by atoms with Crippen LogP contribution in [0.15, 0.2) is 36.7 Å². The van der Waals surface area contributed by atoms with Gasteiger partial charge in [0.15, 0.2) is 0 Å². The van der Waals surface area contributed by atoms with E-state index in [-0.39, 0.29) is 18.0 Å². The third kappa shape index (κ3) is 2.34. The quantitative estimate of drug-likeness (QED) is 0.864. The van der Waals surface area contributed by atoms with Crippen molar-refractivity contribution in [3.05, 3.63) is 42.5 Å². The Labute approximate surface area is 117 Å². The molecule has 0 amide bonds. The lowest BCUT2D eigenvalue weighted by atomic mass is 10.0. The van der Waals surface area contributed by atoms with Gasteiger partial charge in [-0.05, 0) is 18.6 Å². The topological polar surface area (TPSA) is 36.3 Å². The highest BCUT2D eigenvalue weighted by Crippen LogP contribution is 2.29. The molecule has 0 bridgehead atoms. The van der Waals surface area contributed by atoms with Crippen molar-refractivity contribution in [3.8, 4) is 11.4 Å². The number of imidazole rings is 1. The summed E-state index contributed by atoms with van der Waals surface area (Å²) in [5.41, 5.74) is 0.513. The number of benzene rings is 1. The molecule has 0 spiro atoms. The molecular weight excluding hydrogens is 259 g/mol. The monoisotopic (exact) mass is 276 g/mol. The smallest absolute Gasteiger partial charge is 0.143 e. The molecule has 2 atom stereocenters. The van der Waals surface area contributed by atoms with Crippen LogP contribution in [-0.4, -0.2) is 36.0 Å². The van der Waals surface area contributed by atoms with Crippen molar-refractivity contribution >= 4 is 0 Å². The third-order valence-electron chi connectivity index (χ3n) is 3.71. The van der Waals surface area contributed by atoms with E-state index in [1.165, 1.54) is 6.07 Å². The first kappa shape index (κ1) is 13.3. The van der Waals surface area contributed by atoms with Gasteiger partial charge in [-0.25, -0.2) is 9.37 Å². The van der Waals surface area contributed by atoms with Crippen LogP contribution in [0.4, 0.5) is 4.39 Å². The predicted octanol–water partition coefficient (Wildman–Crippen LogP) is 2.67. The fraction of sp³-hybridized carbons (Fsp3) is 0.400. The fourth-order valence-corrected chi connectivity index (χ4v) is 2.68. The van der Waals surface area contributed by atoms with Crippen molar-refractivity contribution < 1.29 is 13.9 Å². The maximum absolute atomic E-state index is 14.0. The molecule has 1 fully saturated rings. The Kier molecular flexibility index (Phi) is 3.80. The van der Waals surface area contributed by atoms with Crippen LogP contribution in [0.5, 0.6) is 0 Å². The average molecular weight is 276 g/mol. The van der Waals surface area contributed by atoms with Crippen LogP contribution in [0, 0.1) is 5.82 Å². The zero-order valence-electron chi connectivity index (χ0n) is 11.3. The number of hydrogen-bond acceptors (Lipinski definition) is 3. The summed E-state index contributed by atoms with van der Waals surface area (Å²) >= 11 is 0.